The fraction of sp³-hybridized carbons (Fsp3) is 0.833. The molecule has 2 rings (SSSR count). The summed E-state index contributed by atoms with van der Waals surface area (Å²) in [6.45, 7) is 0. The van der Waals surface area contributed by atoms with Gasteiger partial charge in [0.1, 0.15) is 6.10 Å². The molecular formula is C12H19O2. The molecule has 0 aromatic carbocycles. The van der Waals surface area contributed by atoms with Crippen LogP contribution in [0.3, 0.4) is 0 Å². The Bertz CT molecular complexity index is 194. The first-order chi connectivity index (χ1) is 6.84. The molecule has 1 atom stereocenters. The summed E-state index contributed by atoms with van der Waals surface area (Å²) in [5.74, 6) is 0.845. The van der Waals surface area contributed by atoms with Crippen molar-refractivity contribution >= 4 is 5.97 Å². The van der Waals surface area contributed by atoms with Crippen LogP contribution >= 0.6 is 0 Å². The van der Waals surface area contributed by atoms with E-state index in [1.165, 1.54) is 32.1 Å². The standard InChI is InChI=1S/C12H19O2/c13-12-9-8-11(14-12)7-6-10-4-2-1-3-5-10/h7,10-11H,1-6,8-9H2. The molecule has 2 fully saturated rings. The van der Waals surface area contributed by atoms with Gasteiger partial charge in [-0.1, -0.05) is 32.1 Å². The molecule has 0 spiro atoms. The normalized spacial score (nSPS) is 29.1. The van der Waals surface area contributed by atoms with Gasteiger partial charge in [0.15, 0.2) is 0 Å². The van der Waals surface area contributed by atoms with Crippen molar-refractivity contribution < 1.29 is 9.53 Å². The third kappa shape index (κ3) is 2.73. The summed E-state index contributed by atoms with van der Waals surface area (Å²) in [4.78, 5) is 10.9. The van der Waals surface area contributed by atoms with Crippen molar-refractivity contribution in [3.63, 3.8) is 0 Å². The molecule has 2 aliphatic rings. The molecule has 1 aliphatic heterocycles. The molecule has 0 amide bonds. The van der Waals surface area contributed by atoms with Crippen molar-refractivity contribution in [2.24, 2.45) is 5.92 Å². The third-order valence-corrected chi connectivity index (χ3v) is 3.37. The first kappa shape index (κ1) is 10.0. The fourth-order valence-electron chi connectivity index (χ4n) is 2.48. The number of carbonyl (C=O) groups is 1. The zero-order valence-corrected chi connectivity index (χ0v) is 8.71. The number of cyclic esters (lactones) is 1. The highest BCUT2D eigenvalue weighted by molar-refractivity contribution is 5.71. The van der Waals surface area contributed by atoms with Crippen LogP contribution in [0.1, 0.15) is 51.4 Å². The lowest BCUT2D eigenvalue weighted by Crippen LogP contribution is -2.13. The number of rotatable bonds is 3. The van der Waals surface area contributed by atoms with E-state index in [1.807, 2.05) is 0 Å². The Morgan fingerprint density at radius 3 is 2.64 bits per heavy atom. The molecule has 0 aromatic heterocycles. The molecule has 79 valence electrons. The zero-order valence-electron chi connectivity index (χ0n) is 8.71. The van der Waals surface area contributed by atoms with Crippen molar-refractivity contribution in [1.29, 1.82) is 0 Å². The van der Waals surface area contributed by atoms with Gasteiger partial charge in [0.05, 0.1) is 0 Å². The van der Waals surface area contributed by atoms with E-state index in [-0.39, 0.29) is 12.1 Å². The molecule has 0 N–H and O–H groups in total. The largest absolute Gasteiger partial charge is 0.462 e. The summed E-state index contributed by atoms with van der Waals surface area (Å²) in [7, 11) is 0. The van der Waals surface area contributed by atoms with Crippen LogP contribution in [-0.4, -0.2) is 12.1 Å². The predicted molar refractivity (Wildman–Crippen MR) is 54.6 cm³/mol. The summed E-state index contributed by atoms with van der Waals surface area (Å²) in [6.07, 6.45) is 12.0. The Labute approximate surface area is 86.0 Å². The Morgan fingerprint density at radius 1 is 1.21 bits per heavy atom. The lowest BCUT2D eigenvalue weighted by atomic mass is 9.85. The maximum Gasteiger partial charge on any atom is 0.306 e. The summed E-state index contributed by atoms with van der Waals surface area (Å²) >= 11 is 0. The molecule has 1 radical (unpaired) electrons. The SMILES string of the molecule is O=C1CCC([CH]CC2CCCCC2)O1. The Hall–Kier alpha value is -0.530. The first-order valence-corrected chi connectivity index (χ1v) is 5.87. The molecule has 1 saturated heterocycles. The van der Waals surface area contributed by atoms with Gasteiger partial charge in [-0.3, -0.25) is 4.79 Å². The van der Waals surface area contributed by atoms with Gasteiger partial charge >= 0.3 is 5.97 Å². The third-order valence-electron chi connectivity index (χ3n) is 3.37. The Kier molecular flexibility index (Phi) is 3.44. The number of esters is 1. The van der Waals surface area contributed by atoms with E-state index in [0.717, 1.165) is 18.8 Å². The van der Waals surface area contributed by atoms with E-state index in [2.05, 4.69) is 6.42 Å². The van der Waals surface area contributed by atoms with Gasteiger partial charge in [0, 0.05) is 12.8 Å². The lowest BCUT2D eigenvalue weighted by molar-refractivity contribution is -0.140. The van der Waals surface area contributed by atoms with Crippen LogP contribution in [0.25, 0.3) is 0 Å². The smallest absolute Gasteiger partial charge is 0.306 e. The summed E-state index contributed by atoms with van der Waals surface area (Å²) < 4.78 is 5.16. The highest BCUT2D eigenvalue weighted by Crippen LogP contribution is 2.29. The van der Waals surface area contributed by atoms with Gasteiger partial charge in [-0.25, -0.2) is 0 Å². The molecule has 1 aliphatic carbocycles. The topological polar surface area (TPSA) is 26.3 Å². The molecule has 14 heavy (non-hydrogen) atoms. The number of carbonyl (C=O) groups excluding carboxylic acids is 1. The Balaban J connectivity index is 1.63. The highest BCUT2D eigenvalue weighted by atomic mass is 16.5. The number of hydrogen-bond donors (Lipinski definition) is 0. The predicted octanol–water partition coefficient (Wildman–Crippen LogP) is 2.87. The second-order valence-corrected chi connectivity index (χ2v) is 4.54. The molecule has 1 saturated carbocycles. The number of hydrogen-bond acceptors (Lipinski definition) is 2. The van der Waals surface area contributed by atoms with Crippen molar-refractivity contribution in [3.8, 4) is 0 Å². The van der Waals surface area contributed by atoms with Crippen LogP contribution < -0.4 is 0 Å². The van der Waals surface area contributed by atoms with E-state index in [4.69, 9.17) is 4.74 Å². The minimum Gasteiger partial charge on any atom is -0.462 e. The molecule has 0 bridgehead atoms. The second kappa shape index (κ2) is 4.81. The Morgan fingerprint density at radius 2 is 2.00 bits per heavy atom. The second-order valence-electron chi connectivity index (χ2n) is 4.54. The minimum atomic E-state index is -0.0186. The van der Waals surface area contributed by atoms with Gasteiger partial charge in [-0.05, 0) is 18.8 Å². The minimum absolute atomic E-state index is 0.0186. The zero-order chi connectivity index (χ0) is 9.80. The van der Waals surface area contributed by atoms with Crippen LogP contribution in [0, 0.1) is 12.3 Å². The molecule has 2 nitrogen and oxygen atoms in total. The van der Waals surface area contributed by atoms with E-state index in [9.17, 15) is 4.79 Å². The summed E-state index contributed by atoms with van der Waals surface area (Å²) in [5, 5.41) is 0. The van der Waals surface area contributed by atoms with Gasteiger partial charge in [-0.15, -0.1) is 0 Å². The molecule has 0 aromatic rings. The van der Waals surface area contributed by atoms with Crippen LogP contribution in [0.4, 0.5) is 0 Å². The van der Waals surface area contributed by atoms with Crippen LogP contribution in [-0.2, 0) is 9.53 Å². The van der Waals surface area contributed by atoms with Crippen LogP contribution in [0.2, 0.25) is 0 Å². The van der Waals surface area contributed by atoms with Crippen LogP contribution in [0.15, 0.2) is 0 Å². The summed E-state index contributed by atoms with van der Waals surface area (Å²) in [5.41, 5.74) is 0. The van der Waals surface area contributed by atoms with Crippen molar-refractivity contribution in [2.45, 2.75) is 57.5 Å². The number of ether oxygens (including phenoxy) is 1. The molecule has 2 heteroatoms. The van der Waals surface area contributed by atoms with E-state index < -0.39 is 0 Å². The lowest BCUT2D eigenvalue weighted by Gasteiger charge is -2.22. The van der Waals surface area contributed by atoms with Gasteiger partial charge in [-0.2, -0.15) is 0 Å². The quantitative estimate of drug-likeness (QED) is 0.647. The first-order valence-electron chi connectivity index (χ1n) is 5.87. The van der Waals surface area contributed by atoms with Crippen molar-refractivity contribution in [3.05, 3.63) is 6.42 Å². The molecule has 1 heterocycles. The van der Waals surface area contributed by atoms with Crippen molar-refractivity contribution in [1.82, 2.24) is 0 Å². The summed E-state index contributed by atoms with van der Waals surface area (Å²) in [6, 6.07) is 0. The average Bonchev–Trinajstić information content (AvgIpc) is 2.63. The van der Waals surface area contributed by atoms with Gasteiger partial charge in [0.2, 0.25) is 0 Å². The van der Waals surface area contributed by atoms with Gasteiger partial charge < -0.3 is 4.74 Å². The maximum atomic E-state index is 10.9. The molecular weight excluding hydrogens is 176 g/mol. The van der Waals surface area contributed by atoms with Crippen LogP contribution in [0.5, 0.6) is 0 Å². The van der Waals surface area contributed by atoms with E-state index in [0.29, 0.717) is 6.42 Å². The average molecular weight is 195 g/mol. The highest BCUT2D eigenvalue weighted by Gasteiger charge is 2.24. The van der Waals surface area contributed by atoms with Crippen molar-refractivity contribution in [2.75, 3.05) is 0 Å². The maximum absolute atomic E-state index is 10.9. The fourth-order valence-corrected chi connectivity index (χ4v) is 2.48. The van der Waals surface area contributed by atoms with E-state index in [1.54, 1.807) is 0 Å². The molecule has 1 unspecified atom stereocenters. The van der Waals surface area contributed by atoms with E-state index >= 15 is 0 Å². The monoisotopic (exact) mass is 195 g/mol. The van der Waals surface area contributed by atoms with Gasteiger partial charge in [0.25, 0.3) is 0 Å².